The van der Waals surface area contributed by atoms with Crippen LogP contribution in [0.3, 0.4) is 0 Å². The average Bonchev–Trinajstić information content (AvgIpc) is 3.10. The number of nitrogens with zero attached hydrogens (tertiary/aromatic N) is 1. The maximum absolute atomic E-state index is 5.76. The van der Waals surface area contributed by atoms with Crippen LogP contribution in [0.5, 0.6) is 23.0 Å². The second-order valence-corrected chi connectivity index (χ2v) is 6.27. The number of fused-ring (bicyclic) bond motifs is 2. The summed E-state index contributed by atoms with van der Waals surface area (Å²) in [5, 5.41) is 0. The van der Waals surface area contributed by atoms with Crippen molar-refractivity contribution < 1.29 is 18.9 Å². The zero-order valence-corrected chi connectivity index (χ0v) is 16.4. The molecule has 0 atom stereocenters. The number of benzene rings is 2. The molecule has 0 aliphatic carbocycles. The summed E-state index contributed by atoms with van der Waals surface area (Å²) in [6, 6.07) is 10.3. The Morgan fingerprint density at radius 2 is 1.70 bits per heavy atom. The van der Waals surface area contributed by atoms with E-state index in [1.165, 1.54) is 16.7 Å². The van der Waals surface area contributed by atoms with Gasteiger partial charge in [-0.25, -0.2) is 0 Å². The van der Waals surface area contributed by atoms with E-state index in [2.05, 4.69) is 41.4 Å². The first-order valence-electron chi connectivity index (χ1n) is 9.00. The van der Waals surface area contributed by atoms with E-state index in [-0.39, 0.29) is 12.4 Å². The van der Waals surface area contributed by atoms with Crippen LogP contribution in [0.4, 0.5) is 0 Å². The first-order valence-corrected chi connectivity index (χ1v) is 9.00. The highest BCUT2D eigenvalue weighted by atomic mass is 35.5. The lowest BCUT2D eigenvalue weighted by Crippen LogP contribution is -2.19. The van der Waals surface area contributed by atoms with E-state index in [0.29, 0.717) is 20.0 Å². The van der Waals surface area contributed by atoms with Gasteiger partial charge in [-0.15, -0.1) is 12.4 Å². The molecule has 0 unspecified atom stereocenters. The second kappa shape index (κ2) is 8.44. The molecule has 0 fully saturated rings. The summed E-state index contributed by atoms with van der Waals surface area (Å²) in [4.78, 5) is 2.27. The molecule has 2 heterocycles. The fraction of sp³-hybridized carbons (Fsp3) is 0.333. The summed E-state index contributed by atoms with van der Waals surface area (Å²) in [7, 11) is 0. The number of halogens is 1. The molecule has 0 aromatic heterocycles. The predicted octanol–water partition coefficient (Wildman–Crippen LogP) is 4.62. The standard InChI is InChI=1S/C21H23NO4.ClH/c1-3-23-20-10-16-7-8-22(13-17(16)11-21(20)24-4-2)12-15-5-6-18-19(9-15)26-14-25-18;/h5-11H,3-4,12-14H2,1-2H3;1H. The van der Waals surface area contributed by atoms with Gasteiger partial charge in [0.2, 0.25) is 6.79 Å². The summed E-state index contributed by atoms with van der Waals surface area (Å²) >= 11 is 0. The van der Waals surface area contributed by atoms with E-state index in [1.807, 2.05) is 19.9 Å². The number of hydrogen-bond donors (Lipinski definition) is 0. The quantitative estimate of drug-likeness (QED) is 0.720. The average molecular weight is 390 g/mol. The molecule has 0 N–H and O–H groups in total. The van der Waals surface area contributed by atoms with E-state index in [1.54, 1.807) is 0 Å². The molecule has 2 aliphatic rings. The third-order valence-corrected chi connectivity index (χ3v) is 4.47. The maximum Gasteiger partial charge on any atom is 0.231 e. The number of rotatable bonds is 6. The summed E-state index contributed by atoms with van der Waals surface area (Å²) in [6.07, 6.45) is 4.26. The number of ether oxygens (including phenoxy) is 4. The zero-order valence-electron chi connectivity index (χ0n) is 15.6. The van der Waals surface area contributed by atoms with Gasteiger partial charge in [-0.1, -0.05) is 6.07 Å². The van der Waals surface area contributed by atoms with Crippen molar-refractivity contribution >= 4 is 18.5 Å². The summed E-state index contributed by atoms with van der Waals surface area (Å²) in [5.41, 5.74) is 3.61. The van der Waals surface area contributed by atoms with Gasteiger partial charge in [0, 0.05) is 19.3 Å². The Morgan fingerprint density at radius 1 is 0.963 bits per heavy atom. The molecule has 0 radical (unpaired) electrons. The molecule has 0 bridgehead atoms. The molecule has 27 heavy (non-hydrogen) atoms. The van der Waals surface area contributed by atoms with Crippen molar-refractivity contribution in [1.29, 1.82) is 0 Å². The molecule has 4 rings (SSSR count). The molecule has 2 aliphatic heterocycles. The van der Waals surface area contributed by atoms with E-state index >= 15 is 0 Å². The minimum absolute atomic E-state index is 0. The van der Waals surface area contributed by atoms with Crippen LogP contribution in [-0.2, 0) is 13.1 Å². The molecular formula is C21H24ClNO4. The first-order chi connectivity index (χ1) is 12.8. The van der Waals surface area contributed by atoms with Gasteiger partial charge in [0.25, 0.3) is 0 Å². The molecule has 6 heteroatoms. The highest BCUT2D eigenvalue weighted by Crippen LogP contribution is 2.36. The molecule has 2 aromatic rings. The van der Waals surface area contributed by atoms with Crippen molar-refractivity contribution in [1.82, 2.24) is 4.90 Å². The molecule has 144 valence electrons. The molecule has 0 saturated heterocycles. The molecule has 5 nitrogen and oxygen atoms in total. The van der Waals surface area contributed by atoms with Crippen LogP contribution in [-0.4, -0.2) is 24.9 Å². The van der Waals surface area contributed by atoms with Gasteiger partial charge in [0.05, 0.1) is 13.2 Å². The van der Waals surface area contributed by atoms with Crippen molar-refractivity contribution in [2.75, 3.05) is 20.0 Å². The Hall–Kier alpha value is -2.53. The first kappa shape index (κ1) is 19.2. The van der Waals surface area contributed by atoms with E-state index in [4.69, 9.17) is 18.9 Å². The van der Waals surface area contributed by atoms with Crippen molar-refractivity contribution in [3.8, 4) is 23.0 Å². The third-order valence-electron chi connectivity index (χ3n) is 4.47. The molecular weight excluding hydrogens is 366 g/mol. The monoisotopic (exact) mass is 389 g/mol. The fourth-order valence-corrected chi connectivity index (χ4v) is 3.29. The van der Waals surface area contributed by atoms with Crippen LogP contribution in [0.1, 0.15) is 30.5 Å². The Kier molecular flexibility index (Phi) is 6.01. The third kappa shape index (κ3) is 4.08. The van der Waals surface area contributed by atoms with Crippen LogP contribution in [0.2, 0.25) is 0 Å². The minimum Gasteiger partial charge on any atom is -0.490 e. The number of hydrogen-bond acceptors (Lipinski definition) is 5. The van der Waals surface area contributed by atoms with Crippen LogP contribution in [0, 0.1) is 0 Å². The van der Waals surface area contributed by atoms with Crippen molar-refractivity contribution in [2.45, 2.75) is 26.9 Å². The summed E-state index contributed by atoms with van der Waals surface area (Å²) < 4.78 is 22.3. The minimum atomic E-state index is 0. The van der Waals surface area contributed by atoms with Gasteiger partial charge in [-0.05, 0) is 60.9 Å². The largest absolute Gasteiger partial charge is 0.490 e. The Morgan fingerprint density at radius 3 is 2.48 bits per heavy atom. The van der Waals surface area contributed by atoms with Gasteiger partial charge in [0.15, 0.2) is 23.0 Å². The zero-order chi connectivity index (χ0) is 17.9. The van der Waals surface area contributed by atoms with Gasteiger partial charge in [0.1, 0.15) is 0 Å². The lowest BCUT2D eigenvalue weighted by atomic mass is 10.0. The van der Waals surface area contributed by atoms with E-state index in [0.717, 1.165) is 36.1 Å². The molecule has 0 saturated carbocycles. The SMILES string of the molecule is CCOc1cc2c(cc1OCC)CN(Cc1ccc3c(c1)OCO3)C=C2.Cl. The van der Waals surface area contributed by atoms with Gasteiger partial charge in [-0.2, -0.15) is 0 Å². The summed E-state index contributed by atoms with van der Waals surface area (Å²) in [6.45, 7) is 7.15. The van der Waals surface area contributed by atoms with E-state index in [9.17, 15) is 0 Å². The van der Waals surface area contributed by atoms with Crippen molar-refractivity contribution in [3.63, 3.8) is 0 Å². The lowest BCUT2D eigenvalue weighted by molar-refractivity contribution is 0.174. The smallest absolute Gasteiger partial charge is 0.231 e. The Balaban J connectivity index is 0.00000210. The van der Waals surface area contributed by atoms with Crippen LogP contribution >= 0.6 is 12.4 Å². The van der Waals surface area contributed by atoms with Crippen LogP contribution in [0.15, 0.2) is 36.5 Å². The second-order valence-electron chi connectivity index (χ2n) is 6.27. The van der Waals surface area contributed by atoms with Gasteiger partial charge < -0.3 is 23.8 Å². The normalized spacial score (nSPS) is 13.8. The summed E-state index contributed by atoms with van der Waals surface area (Å²) in [5.74, 6) is 3.26. The maximum atomic E-state index is 5.76. The molecule has 2 aromatic carbocycles. The van der Waals surface area contributed by atoms with Crippen molar-refractivity contribution in [3.05, 3.63) is 53.2 Å². The highest BCUT2D eigenvalue weighted by molar-refractivity contribution is 5.85. The highest BCUT2D eigenvalue weighted by Gasteiger charge is 2.18. The fourth-order valence-electron chi connectivity index (χ4n) is 3.29. The predicted molar refractivity (Wildman–Crippen MR) is 107 cm³/mol. The topological polar surface area (TPSA) is 40.2 Å². The van der Waals surface area contributed by atoms with E-state index < -0.39 is 0 Å². The van der Waals surface area contributed by atoms with Gasteiger partial charge >= 0.3 is 0 Å². The molecule has 0 amide bonds. The van der Waals surface area contributed by atoms with Crippen LogP contribution < -0.4 is 18.9 Å². The molecule has 0 spiro atoms. The van der Waals surface area contributed by atoms with Crippen LogP contribution in [0.25, 0.3) is 6.08 Å². The Bertz CT molecular complexity index is 837. The lowest BCUT2D eigenvalue weighted by Gasteiger charge is -2.26. The Labute approximate surface area is 165 Å². The van der Waals surface area contributed by atoms with Gasteiger partial charge in [-0.3, -0.25) is 0 Å². The van der Waals surface area contributed by atoms with Crippen molar-refractivity contribution in [2.24, 2.45) is 0 Å².